The molecule has 0 bridgehead atoms. The van der Waals surface area contributed by atoms with Crippen LogP contribution in [0.15, 0.2) is 78.9 Å². The summed E-state index contributed by atoms with van der Waals surface area (Å²) in [5.74, 6) is 0. The zero-order valence-corrected chi connectivity index (χ0v) is 17.8. The van der Waals surface area contributed by atoms with Crippen molar-refractivity contribution in [1.82, 2.24) is 9.97 Å². The summed E-state index contributed by atoms with van der Waals surface area (Å²) in [6.07, 6.45) is 4.78. The minimum Gasteiger partial charge on any atom is -0.354 e. The van der Waals surface area contributed by atoms with Crippen molar-refractivity contribution in [3.63, 3.8) is 0 Å². The van der Waals surface area contributed by atoms with Gasteiger partial charge in [-0.3, -0.25) is 0 Å². The highest BCUT2D eigenvalue weighted by atomic mass is 14.7. The zero-order valence-electron chi connectivity index (χ0n) is 17.8. The van der Waals surface area contributed by atoms with Crippen LogP contribution in [0.4, 0.5) is 0 Å². The molecule has 0 aliphatic heterocycles. The number of para-hydroxylation sites is 2. The highest BCUT2D eigenvalue weighted by Gasteiger charge is 2.22. The molecule has 0 saturated heterocycles. The van der Waals surface area contributed by atoms with Crippen LogP contribution in [0.3, 0.4) is 0 Å². The lowest BCUT2D eigenvalue weighted by Gasteiger charge is -2.13. The molecular formula is C29H26N2. The molecule has 4 aromatic carbocycles. The van der Waals surface area contributed by atoms with Gasteiger partial charge in [-0.25, -0.2) is 0 Å². The van der Waals surface area contributed by atoms with Crippen molar-refractivity contribution >= 4 is 43.6 Å². The predicted molar refractivity (Wildman–Crippen MR) is 134 cm³/mol. The van der Waals surface area contributed by atoms with Gasteiger partial charge < -0.3 is 9.97 Å². The predicted octanol–water partition coefficient (Wildman–Crippen LogP) is 8.36. The van der Waals surface area contributed by atoms with E-state index in [0.29, 0.717) is 0 Å². The molecule has 0 atom stereocenters. The number of nitrogens with one attached hydrogen (secondary N) is 2. The second-order valence-corrected chi connectivity index (χ2v) is 8.52. The lowest BCUT2D eigenvalue weighted by atomic mass is 9.91. The Morgan fingerprint density at radius 1 is 0.613 bits per heavy atom. The Balaban J connectivity index is 1.85. The molecule has 0 radical (unpaired) electrons. The average Bonchev–Trinajstić information content (AvgIpc) is 3.38. The normalized spacial score (nSPS) is 11.9. The summed E-state index contributed by atoms with van der Waals surface area (Å²) in [5, 5.41) is 5.34. The van der Waals surface area contributed by atoms with Crippen molar-refractivity contribution in [3.05, 3.63) is 84.4 Å². The molecule has 6 rings (SSSR count). The van der Waals surface area contributed by atoms with E-state index in [1.807, 2.05) is 0 Å². The van der Waals surface area contributed by atoms with E-state index in [0.717, 1.165) is 6.42 Å². The third-order valence-electron chi connectivity index (χ3n) is 6.61. The number of aryl methyl sites for hydroxylation is 1. The molecule has 0 fully saturated rings. The number of aromatic nitrogens is 2. The van der Waals surface area contributed by atoms with Gasteiger partial charge in [0.1, 0.15) is 0 Å². The van der Waals surface area contributed by atoms with E-state index in [-0.39, 0.29) is 0 Å². The van der Waals surface area contributed by atoms with Gasteiger partial charge in [-0.05, 0) is 36.1 Å². The maximum atomic E-state index is 3.82. The van der Waals surface area contributed by atoms with Gasteiger partial charge in [0.15, 0.2) is 0 Å². The highest BCUT2D eigenvalue weighted by molar-refractivity contribution is 6.27. The molecule has 6 aromatic rings. The number of aromatic amines is 2. The molecule has 0 saturated carbocycles. The molecule has 2 heteroatoms. The van der Waals surface area contributed by atoms with Crippen molar-refractivity contribution in [2.45, 2.75) is 32.6 Å². The van der Waals surface area contributed by atoms with Gasteiger partial charge in [0.05, 0.1) is 11.0 Å². The fraction of sp³-hybridized carbons (Fsp3) is 0.172. The van der Waals surface area contributed by atoms with E-state index >= 15 is 0 Å². The fourth-order valence-corrected chi connectivity index (χ4v) is 5.22. The molecular weight excluding hydrogens is 376 g/mol. The van der Waals surface area contributed by atoms with E-state index in [1.54, 1.807) is 0 Å². The summed E-state index contributed by atoms with van der Waals surface area (Å²) < 4.78 is 0. The van der Waals surface area contributed by atoms with Crippen molar-refractivity contribution in [3.8, 4) is 11.1 Å². The van der Waals surface area contributed by atoms with Crippen molar-refractivity contribution in [2.75, 3.05) is 0 Å². The molecule has 152 valence electrons. The maximum Gasteiger partial charge on any atom is 0.0555 e. The van der Waals surface area contributed by atoms with Crippen molar-refractivity contribution in [2.24, 2.45) is 0 Å². The molecule has 0 unspecified atom stereocenters. The standard InChI is InChI=1S/C29H26N2/c1-2-3-5-16-22-26-20-14-8-10-17-23(20)31-29(26)25(19-12-6-4-7-13-19)27-21-15-9-11-18-24(21)30-28(22)27/h4,6-15,17-18,30-31H,2-3,5,16H2,1H3. The lowest BCUT2D eigenvalue weighted by molar-refractivity contribution is 0.721. The first-order chi connectivity index (χ1) is 15.4. The summed E-state index contributed by atoms with van der Waals surface area (Å²) >= 11 is 0. The lowest BCUT2D eigenvalue weighted by Crippen LogP contribution is -1.93. The molecule has 0 aliphatic rings. The molecule has 31 heavy (non-hydrogen) atoms. The van der Waals surface area contributed by atoms with Crippen LogP contribution in [0.25, 0.3) is 54.7 Å². The molecule has 0 amide bonds. The summed E-state index contributed by atoms with van der Waals surface area (Å²) in [6.45, 7) is 2.28. The van der Waals surface area contributed by atoms with E-state index in [4.69, 9.17) is 0 Å². The SMILES string of the molecule is CCCCCc1c2[nH]c3ccccc3c2c(-c2ccccc2)c2[nH]c3ccccc3c12. The van der Waals surface area contributed by atoms with Gasteiger partial charge in [-0.2, -0.15) is 0 Å². The Kier molecular flexibility index (Phi) is 4.31. The second-order valence-electron chi connectivity index (χ2n) is 8.52. The van der Waals surface area contributed by atoms with Crippen molar-refractivity contribution in [1.29, 1.82) is 0 Å². The third-order valence-corrected chi connectivity index (χ3v) is 6.61. The quantitative estimate of drug-likeness (QED) is 0.272. The molecule has 0 spiro atoms. The number of unbranched alkanes of at least 4 members (excludes halogenated alkanes) is 2. The second kappa shape index (κ2) is 7.31. The maximum absolute atomic E-state index is 3.82. The van der Waals surface area contributed by atoms with Crippen LogP contribution in [0.5, 0.6) is 0 Å². The van der Waals surface area contributed by atoms with Gasteiger partial charge in [0.2, 0.25) is 0 Å². The number of hydrogen-bond acceptors (Lipinski definition) is 0. The minimum atomic E-state index is 1.09. The van der Waals surface area contributed by atoms with Gasteiger partial charge >= 0.3 is 0 Å². The molecule has 2 N–H and O–H groups in total. The topological polar surface area (TPSA) is 31.6 Å². The molecule has 2 aromatic heterocycles. The Labute approximate surface area is 181 Å². The number of rotatable bonds is 5. The van der Waals surface area contributed by atoms with Crippen molar-refractivity contribution < 1.29 is 0 Å². The Hall–Kier alpha value is -3.52. The van der Waals surface area contributed by atoms with Crippen LogP contribution in [0.1, 0.15) is 31.7 Å². The van der Waals surface area contributed by atoms with Gasteiger partial charge in [0, 0.05) is 38.1 Å². The van der Waals surface area contributed by atoms with Crippen LogP contribution < -0.4 is 0 Å². The van der Waals surface area contributed by atoms with E-state index < -0.39 is 0 Å². The molecule has 0 aliphatic carbocycles. The average molecular weight is 403 g/mol. The van der Waals surface area contributed by atoms with E-state index in [2.05, 4.69) is 95.8 Å². The minimum absolute atomic E-state index is 1.09. The molecule has 2 heterocycles. The molecule has 2 nitrogen and oxygen atoms in total. The Morgan fingerprint density at radius 3 is 1.94 bits per heavy atom. The number of hydrogen-bond donors (Lipinski definition) is 2. The summed E-state index contributed by atoms with van der Waals surface area (Å²) in [4.78, 5) is 7.63. The fourth-order valence-electron chi connectivity index (χ4n) is 5.22. The van der Waals surface area contributed by atoms with Crippen LogP contribution in [-0.2, 0) is 6.42 Å². The highest BCUT2D eigenvalue weighted by Crippen LogP contribution is 2.45. The summed E-state index contributed by atoms with van der Waals surface area (Å²) in [6, 6.07) is 28.3. The zero-order chi connectivity index (χ0) is 20.8. The Morgan fingerprint density at radius 2 is 1.23 bits per heavy atom. The van der Waals surface area contributed by atoms with Crippen LogP contribution >= 0.6 is 0 Å². The summed E-state index contributed by atoms with van der Waals surface area (Å²) in [7, 11) is 0. The summed E-state index contributed by atoms with van der Waals surface area (Å²) in [5.41, 5.74) is 9.00. The monoisotopic (exact) mass is 402 g/mol. The largest absolute Gasteiger partial charge is 0.354 e. The number of H-pyrrole nitrogens is 2. The number of fused-ring (bicyclic) bond motifs is 6. The first kappa shape index (κ1) is 18.3. The van der Waals surface area contributed by atoms with Gasteiger partial charge in [-0.1, -0.05) is 86.5 Å². The smallest absolute Gasteiger partial charge is 0.0555 e. The third kappa shape index (κ3) is 2.79. The van der Waals surface area contributed by atoms with E-state index in [1.165, 1.54) is 79.6 Å². The first-order valence-electron chi connectivity index (χ1n) is 11.4. The van der Waals surface area contributed by atoms with Crippen LogP contribution in [0.2, 0.25) is 0 Å². The van der Waals surface area contributed by atoms with Gasteiger partial charge in [0.25, 0.3) is 0 Å². The van der Waals surface area contributed by atoms with E-state index in [9.17, 15) is 0 Å². The number of benzene rings is 4. The van der Waals surface area contributed by atoms with Gasteiger partial charge in [-0.15, -0.1) is 0 Å². The van der Waals surface area contributed by atoms with Crippen LogP contribution in [0, 0.1) is 0 Å². The van der Waals surface area contributed by atoms with Crippen LogP contribution in [-0.4, -0.2) is 9.97 Å². The Bertz CT molecular complexity index is 1530. The first-order valence-corrected chi connectivity index (χ1v) is 11.4.